The van der Waals surface area contributed by atoms with Crippen LogP contribution in [0.2, 0.25) is 0 Å². The molecule has 0 aromatic heterocycles. The van der Waals surface area contributed by atoms with Gasteiger partial charge in [-0.15, -0.1) is 0 Å². The summed E-state index contributed by atoms with van der Waals surface area (Å²) in [5.74, 6) is 0.221. The number of carbonyl (C=O) groups is 1. The number of hydrogen-bond donors (Lipinski definition) is 1. The third kappa shape index (κ3) is 3.25. The second-order valence-electron chi connectivity index (χ2n) is 4.70. The number of rotatable bonds is 4. The number of nitrogens with one attached hydrogen (secondary N) is 1. The highest BCUT2D eigenvalue weighted by Crippen LogP contribution is 2.30. The molecular weight excluding hydrogens is 294 g/mol. The highest BCUT2D eigenvalue weighted by molar-refractivity contribution is 9.10. The van der Waals surface area contributed by atoms with Crippen molar-refractivity contribution in [1.29, 1.82) is 0 Å². The lowest BCUT2D eigenvalue weighted by Gasteiger charge is -2.23. The molecule has 0 saturated heterocycles. The van der Waals surface area contributed by atoms with Crippen molar-refractivity contribution >= 4 is 27.6 Å². The summed E-state index contributed by atoms with van der Waals surface area (Å²) >= 11 is 3.43. The fraction of sp³-hybridized carbons (Fsp3) is 0.500. The zero-order valence-electron chi connectivity index (χ0n) is 10.5. The van der Waals surface area contributed by atoms with Crippen LogP contribution in [0.3, 0.4) is 0 Å². The molecule has 0 heterocycles. The first-order chi connectivity index (χ1) is 8.70. The molecule has 0 radical (unpaired) electrons. The molecule has 4 heteroatoms. The highest BCUT2D eigenvalue weighted by Gasteiger charge is 2.31. The summed E-state index contributed by atoms with van der Waals surface area (Å²) in [6.45, 7) is 0. The van der Waals surface area contributed by atoms with Gasteiger partial charge in [0.2, 0.25) is 0 Å². The van der Waals surface area contributed by atoms with E-state index in [2.05, 4.69) is 21.2 Å². The van der Waals surface area contributed by atoms with E-state index < -0.39 is 0 Å². The van der Waals surface area contributed by atoms with Crippen LogP contribution < -0.4 is 5.32 Å². The van der Waals surface area contributed by atoms with Gasteiger partial charge in [0.1, 0.15) is 6.04 Å². The molecule has 3 nitrogen and oxygen atoms in total. The van der Waals surface area contributed by atoms with E-state index >= 15 is 0 Å². The molecular formula is C14H18BrNO2. The number of ether oxygens (including phenoxy) is 1. The van der Waals surface area contributed by atoms with Gasteiger partial charge in [-0.1, -0.05) is 34.8 Å². The van der Waals surface area contributed by atoms with Crippen molar-refractivity contribution in [3.8, 4) is 0 Å². The molecule has 1 aliphatic carbocycles. The van der Waals surface area contributed by atoms with Gasteiger partial charge in [0.05, 0.1) is 7.11 Å². The zero-order valence-corrected chi connectivity index (χ0v) is 12.1. The smallest absolute Gasteiger partial charge is 0.328 e. The van der Waals surface area contributed by atoms with Crippen molar-refractivity contribution in [2.24, 2.45) is 5.92 Å². The maximum Gasteiger partial charge on any atom is 0.328 e. The zero-order chi connectivity index (χ0) is 13.0. The molecule has 1 fully saturated rings. The van der Waals surface area contributed by atoms with E-state index in [0.717, 1.165) is 23.0 Å². The Kier molecular flexibility index (Phi) is 4.64. The van der Waals surface area contributed by atoms with Crippen LogP contribution in [0.15, 0.2) is 28.7 Å². The predicted octanol–water partition coefficient (Wildman–Crippen LogP) is 3.59. The molecule has 98 valence electrons. The summed E-state index contributed by atoms with van der Waals surface area (Å²) in [6, 6.07) is 7.64. The number of esters is 1. The van der Waals surface area contributed by atoms with E-state index in [-0.39, 0.29) is 12.0 Å². The third-order valence-electron chi connectivity index (χ3n) is 3.47. The molecule has 0 amide bonds. The van der Waals surface area contributed by atoms with Gasteiger partial charge in [-0.3, -0.25) is 0 Å². The Hall–Kier alpha value is -1.03. The van der Waals surface area contributed by atoms with Crippen LogP contribution in [0, 0.1) is 5.92 Å². The number of carbonyl (C=O) groups excluding carboxylic acids is 1. The summed E-state index contributed by atoms with van der Waals surface area (Å²) in [5, 5.41) is 3.31. The Morgan fingerprint density at radius 2 is 2.17 bits per heavy atom. The van der Waals surface area contributed by atoms with E-state index in [9.17, 15) is 4.79 Å². The van der Waals surface area contributed by atoms with E-state index in [0.29, 0.717) is 5.92 Å². The molecule has 2 rings (SSSR count). The molecule has 18 heavy (non-hydrogen) atoms. The molecule has 1 aromatic carbocycles. The molecule has 0 aliphatic heterocycles. The van der Waals surface area contributed by atoms with Crippen molar-refractivity contribution in [2.45, 2.75) is 31.7 Å². The largest absolute Gasteiger partial charge is 0.467 e. The Bertz CT molecular complexity index is 416. The first-order valence-corrected chi connectivity index (χ1v) is 7.10. The van der Waals surface area contributed by atoms with Gasteiger partial charge in [-0.2, -0.15) is 0 Å². The number of methoxy groups -OCH3 is 1. The van der Waals surface area contributed by atoms with Crippen LogP contribution in [-0.4, -0.2) is 19.1 Å². The lowest BCUT2D eigenvalue weighted by molar-refractivity contribution is -0.142. The van der Waals surface area contributed by atoms with Gasteiger partial charge in [-0.25, -0.2) is 4.79 Å². The standard InChI is InChI=1S/C14H18BrNO2/c1-18-14(17)13(10-5-2-3-6-10)16-12-8-4-7-11(15)9-12/h4,7-10,13,16H,2-3,5-6H2,1H3. The Balaban J connectivity index is 2.11. The number of anilines is 1. The highest BCUT2D eigenvalue weighted by atomic mass is 79.9. The van der Waals surface area contributed by atoms with Gasteiger partial charge in [0, 0.05) is 10.2 Å². The van der Waals surface area contributed by atoms with Gasteiger partial charge in [0.25, 0.3) is 0 Å². The van der Waals surface area contributed by atoms with Crippen molar-refractivity contribution < 1.29 is 9.53 Å². The molecule has 1 aromatic rings. The molecule has 0 bridgehead atoms. The van der Waals surface area contributed by atoms with E-state index in [1.807, 2.05) is 24.3 Å². The number of hydrogen-bond acceptors (Lipinski definition) is 3. The van der Waals surface area contributed by atoms with Crippen molar-refractivity contribution in [3.63, 3.8) is 0 Å². The first-order valence-electron chi connectivity index (χ1n) is 6.30. The van der Waals surface area contributed by atoms with Gasteiger partial charge in [0.15, 0.2) is 0 Å². The summed E-state index contributed by atoms with van der Waals surface area (Å²) in [4.78, 5) is 11.9. The maximum absolute atomic E-state index is 11.9. The van der Waals surface area contributed by atoms with Crippen LogP contribution in [0.4, 0.5) is 5.69 Å². The fourth-order valence-electron chi connectivity index (χ4n) is 2.54. The van der Waals surface area contributed by atoms with Crippen molar-refractivity contribution in [3.05, 3.63) is 28.7 Å². The normalized spacial score (nSPS) is 17.4. The minimum atomic E-state index is -0.230. The van der Waals surface area contributed by atoms with E-state index in [4.69, 9.17) is 4.74 Å². The summed E-state index contributed by atoms with van der Waals surface area (Å²) in [7, 11) is 1.45. The molecule has 1 aliphatic rings. The van der Waals surface area contributed by atoms with Crippen LogP contribution in [0.5, 0.6) is 0 Å². The molecule has 1 saturated carbocycles. The molecule has 1 N–H and O–H groups in total. The average molecular weight is 312 g/mol. The molecule has 0 spiro atoms. The summed E-state index contributed by atoms with van der Waals surface area (Å²) in [6.07, 6.45) is 4.61. The Labute approximate surface area is 116 Å². The van der Waals surface area contributed by atoms with E-state index in [1.165, 1.54) is 20.0 Å². The van der Waals surface area contributed by atoms with Crippen LogP contribution in [0.25, 0.3) is 0 Å². The maximum atomic E-state index is 11.9. The third-order valence-corrected chi connectivity index (χ3v) is 3.97. The Morgan fingerprint density at radius 3 is 2.78 bits per heavy atom. The van der Waals surface area contributed by atoms with Gasteiger partial charge in [-0.05, 0) is 37.0 Å². The monoisotopic (exact) mass is 311 g/mol. The molecule has 1 unspecified atom stereocenters. The predicted molar refractivity (Wildman–Crippen MR) is 75.5 cm³/mol. The fourth-order valence-corrected chi connectivity index (χ4v) is 2.94. The van der Waals surface area contributed by atoms with E-state index in [1.54, 1.807) is 0 Å². The second-order valence-corrected chi connectivity index (χ2v) is 5.62. The quantitative estimate of drug-likeness (QED) is 0.864. The van der Waals surface area contributed by atoms with Gasteiger partial charge >= 0.3 is 5.97 Å². The van der Waals surface area contributed by atoms with Crippen molar-refractivity contribution in [1.82, 2.24) is 0 Å². The Morgan fingerprint density at radius 1 is 1.44 bits per heavy atom. The lowest BCUT2D eigenvalue weighted by atomic mass is 9.98. The van der Waals surface area contributed by atoms with Crippen LogP contribution in [-0.2, 0) is 9.53 Å². The van der Waals surface area contributed by atoms with Crippen LogP contribution >= 0.6 is 15.9 Å². The average Bonchev–Trinajstić information content (AvgIpc) is 2.89. The van der Waals surface area contributed by atoms with Crippen LogP contribution in [0.1, 0.15) is 25.7 Å². The van der Waals surface area contributed by atoms with Gasteiger partial charge < -0.3 is 10.1 Å². The molecule has 1 atom stereocenters. The minimum absolute atomic E-state index is 0.165. The number of halogens is 1. The SMILES string of the molecule is COC(=O)C(Nc1cccc(Br)c1)C1CCCC1. The second kappa shape index (κ2) is 6.23. The number of benzene rings is 1. The minimum Gasteiger partial charge on any atom is -0.467 e. The lowest BCUT2D eigenvalue weighted by Crippen LogP contribution is -2.36. The summed E-state index contributed by atoms with van der Waals surface area (Å²) < 4.78 is 5.92. The first kappa shape index (κ1) is 13.4. The summed E-state index contributed by atoms with van der Waals surface area (Å²) in [5.41, 5.74) is 0.951. The topological polar surface area (TPSA) is 38.3 Å². The van der Waals surface area contributed by atoms with Crippen molar-refractivity contribution in [2.75, 3.05) is 12.4 Å².